The van der Waals surface area contributed by atoms with Crippen LogP contribution >= 0.6 is 44.9 Å². The molecule has 0 aliphatic carbocycles. The zero-order chi connectivity index (χ0) is 11.8. The molecule has 82 valence electrons. The first kappa shape index (κ1) is 12.9. The molecule has 0 fully saturated rings. The molecule has 0 atom stereocenters. The zero-order valence-corrected chi connectivity index (χ0v) is 11.3. The maximum Gasteiger partial charge on any atom is 0.302 e. The van der Waals surface area contributed by atoms with Crippen molar-refractivity contribution < 1.29 is 13.3 Å². The van der Waals surface area contributed by atoms with Crippen LogP contribution in [-0.2, 0) is 9.05 Å². The summed E-state index contributed by atoms with van der Waals surface area (Å²) < 4.78 is 22.0. The van der Waals surface area contributed by atoms with Crippen LogP contribution in [-0.4, -0.2) is 13.3 Å². The first-order chi connectivity index (χ1) is 6.75. The average Bonchev–Trinajstić information content (AvgIpc) is 2.00. The highest BCUT2D eigenvalue weighted by atomic mass is 127. The van der Waals surface area contributed by atoms with Gasteiger partial charge in [-0.3, -0.25) is 10.1 Å². The van der Waals surface area contributed by atoms with Gasteiger partial charge in [0.1, 0.15) is 13.5 Å². The first-order valence-electron chi connectivity index (χ1n) is 3.32. The molecular weight excluding hydrogens is 380 g/mol. The van der Waals surface area contributed by atoms with Gasteiger partial charge in [-0.1, -0.05) is 11.6 Å². The molecule has 0 bridgehead atoms. The Morgan fingerprint density at radius 3 is 2.33 bits per heavy atom. The summed E-state index contributed by atoms with van der Waals surface area (Å²) in [5.41, 5.74) is -0.459. The summed E-state index contributed by atoms with van der Waals surface area (Å²) in [6.45, 7) is 0. The van der Waals surface area contributed by atoms with E-state index in [1.165, 1.54) is 22.6 Å². The van der Waals surface area contributed by atoms with E-state index in [2.05, 4.69) is 0 Å². The van der Waals surface area contributed by atoms with Gasteiger partial charge in [0.25, 0.3) is 9.05 Å². The maximum absolute atomic E-state index is 11.0. The van der Waals surface area contributed by atoms with E-state index in [1.54, 1.807) is 0 Å². The molecule has 0 aliphatic heterocycles. The molecule has 0 saturated heterocycles. The largest absolute Gasteiger partial charge is 0.302 e. The average molecular weight is 382 g/mol. The standard InChI is InChI=1S/C6H2Cl2INO4S/c7-3-1-2-4(15(8,13)14)5(9)6(3)10(11)12/h1-2H. The highest BCUT2D eigenvalue weighted by Crippen LogP contribution is 2.35. The van der Waals surface area contributed by atoms with E-state index in [1.807, 2.05) is 0 Å². The highest BCUT2D eigenvalue weighted by Gasteiger charge is 2.25. The topological polar surface area (TPSA) is 77.3 Å². The summed E-state index contributed by atoms with van der Waals surface area (Å²) in [6, 6.07) is 2.25. The quantitative estimate of drug-likeness (QED) is 0.341. The third kappa shape index (κ3) is 2.71. The molecule has 15 heavy (non-hydrogen) atoms. The second-order valence-electron chi connectivity index (χ2n) is 2.40. The minimum absolute atomic E-state index is 0.0971. The Morgan fingerprint density at radius 1 is 1.40 bits per heavy atom. The van der Waals surface area contributed by atoms with E-state index in [9.17, 15) is 18.5 Å². The minimum atomic E-state index is -4.00. The fourth-order valence-electron chi connectivity index (χ4n) is 0.878. The van der Waals surface area contributed by atoms with E-state index >= 15 is 0 Å². The Kier molecular flexibility index (Phi) is 3.80. The van der Waals surface area contributed by atoms with Gasteiger partial charge < -0.3 is 0 Å². The Hall–Kier alpha value is -0.120. The number of nitro groups is 1. The third-order valence-corrected chi connectivity index (χ3v) is 4.60. The Balaban J connectivity index is 3.64. The van der Waals surface area contributed by atoms with E-state index in [0.717, 1.165) is 12.1 Å². The molecule has 0 amide bonds. The number of hydrogen-bond donors (Lipinski definition) is 0. The lowest BCUT2D eigenvalue weighted by atomic mass is 10.3. The van der Waals surface area contributed by atoms with Crippen LogP contribution in [0.25, 0.3) is 0 Å². The van der Waals surface area contributed by atoms with Crippen molar-refractivity contribution in [2.75, 3.05) is 0 Å². The highest BCUT2D eigenvalue weighted by molar-refractivity contribution is 14.1. The van der Waals surface area contributed by atoms with Gasteiger partial charge in [-0.05, 0) is 34.7 Å². The number of rotatable bonds is 2. The maximum atomic E-state index is 11.0. The van der Waals surface area contributed by atoms with Gasteiger partial charge in [-0.15, -0.1) is 0 Å². The smallest absolute Gasteiger partial charge is 0.258 e. The predicted molar refractivity (Wildman–Crippen MR) is 63.9 cm³/mol. The molecule has 0 heterocycles. The Labute approximate surface area is 108 Å². The van der Waals surface area contributed by atoms with Gasteiger partial charge in [0.05, 0.1) is 4.92 Å². The van der Waals surface area contributed by atoms with Gasteiger partial charge in [-0.25, -0.2) is 8.42 Å². The van der Waals surface area contributed by atoms with Gasteiger partial charge in [0.15, 0.2) is 0 Å². The minimum Gasteiger partial charge on any atom is -0.258 e. The van der Waals surface area contributed by atoms with E-state index in [0.29, 0.717) is 0 Å². The lowest BCUT2D eigenvalue weighted by Crippen LogP contribution is -2.00. The molecule has 0 radical (unpaired) electrons. The van der Waals surface area contributed by atoms with Crippen LogP contribution in [0.4, 0.5) is 5.69 Å². The molecule has 1 aromatic carbocycles. The van der Waals surface area contributed by atoms with Crippen molar-refractivity contribution in [3.05, 3.63) is 30.8 Å². The van der Waals surface area contributed by atoms with Crippen LogP contribution in [0, 0.1) is 13.7 Å². The summed E-state index contributed by atoms with van der Waals surface area (Å²) in [5, 5.41) is 10.5. The van der Waals surface area contributed by atoms with Crippen LogP contribution in [0.3, 0.4) is 0 Å². The summed E-state index contributed by atoms with van der Waals surface area (Å²) in [5.74, 6) is 0. The van der Waals surface area contributed by atoms with E-state index in [4.69, 9.17) is 22.3 Å². The Bertz CT molecular complexity index is 530. The normalized spacial score (nSPS) is 11.4. The summed E-state index contributed by atoms with van der Waals surface area (Å²) in [4.78, 5) is 9.53. The van der Waals surface area contributed by atoms with Crippen molar-refractivity contribution >= 4 is 59.6 Å². The molecule has 5 nitrogen and oxygen atoms in total. The molecule has 0 spiro atoms. The van der Waals surface area contributed by atoms with Gasteiger partial charge >= 0.3 is 5.69 Å². The lowest BCUT2D eigenvalue weighted by Gasteiger charge is -2.02. The summed E-state index contributed by atoms with van der Waals surface area (Å²) in [7, 11) is 1.09. The number of nitro benzene ring substituents is 1. The SMILES string of the molecule is O=[N+]([O-])c1c(Cl)ccc(S(=O)(=O)Cl)c1I. The molecular formula is C6H2Cl2INO4S. The molecule has 0 aromatic heterocycles. The second kappa shape index (κ2) is 4.40. The summed E-state index contributed by atoms with van der Waals surface area (Å²) in [6.07, 6.45) is 0. The molecule has 0 N–H and O–H groups in total. The lowest BCUT2D eigenvalue weighted by molar-refractivity contribution is -0.385. The van der Waals surface area contributed by atoms with Gasteiger partial charge in [0.2, 0.25) is 0 Å². The van der Waals surface area contributed by atoms with Crippen LogP contribution in [0.15, 0.2) is 17.0 Å². The van der Waals surface area contributed by atoms with E-state index in [-0.39, 0.29) is 13.5 Å². The number of nitrogens with zero attached hydrogens (tertiary/aromatic N) is 1. The second-order valence-corrected chi connectivity index (χ2v) is 6.42. The van der Waals surface area contributed by atoms with Crippen molar-refractivity contribution in [3.63, 3.8) is 0 Å². The summed E-state index contributed by atoms with van der Waals surface area (Å²) >= 11 is 7.08. The van der Waals surface area contributed by atoms with Crippen molar-refractivity contribution in [3.8, 4) is 0 Å². The van der Waals surface area contributed by atoms with Crippen LogP contribution in [0.1, 0.15) is 0 Å². The molecule has 1 rings (SSSR count). The van der Waals surface area contributed by atoms with Crippen LogP contribution < -0.4 is 0 Å². The van der Waals surface area contributed by atoms with Crippen molar-refractivity contribution in [1.82, 2.24) is 0 Å². The molecule has 1 aromatic rings. The van der Waals surface area contributed by atoms with Crippen molar-refractivity contribution in [1.29, 1.82) is 0 Å². The third-order valence-electron chi connectivity index (χ3n) is 1.48. The fraction of sp³-hybridized carbons (Fsp3) is 0. The zero-order valence-electron chi connectivity index (χ0n) is 6.78. The van der Waals surface area contributed by atoms with Gasteiger partial charge in [0, 0.05) is 10.7 Å². The number of hydrogen-bond acceptors (Lipinski definition) is 4. The molecule has 9 heteroatoms. The predicted octanol–water partition coefficient (Wildman–Crippen LogP) is 2.78. The first-order valence-corrected chi connectivity index (χ1v) is 7.09. The fourth-order valence-corrected chi connectivity index (χ4v) is 4.12. The number of halogens is 3. The monoisotopic (exact) mass is 381 g/mol. The molecule has 0 saturated carbocycles. The van der Waals surface area contributed by atoms with Crippen molar-refractivity contribution in [2.45, 2.75) is 4.90 Å². The number of benzene rings is 1. The van der Waals surface area contributed by atoms with Crippen LogP contribution in [0.5, 0.6) is 0 Å². The Morgan fingerprint density at radius 2 is 1.93 bits per heavy atom. The van der Waals surface area contributed by atoms with Crippen molar-refractivity contribution in [2.24, 2.45) is 0 Å². The van der Waals surface area contributed by atoms with Gasteiger partial charge in [-0.2, -0.15) is 0 Å². The molecule has 0 aliphatic rings. The molecule has 0 unspecified atom stereocenters. The van der Waals surface area contributed by atoms with E-state index < -0.39 is 19.7 Å². The van der Waals surface area contributed by atoms with Crippen LogP contribution in [0.2, 0.25) is 5.02 Å².